The number of nitrogens with one attached hydrogen (secondary N) is 1. The molecule has 0 heterocycles. The molecule has 2 N–H and O–H groups in total. The van der Waals surface area contributed by atoms with Gasteiger partial charge in [0.2, 0.25) is 0 Å². The molecule has 1 aromatic rings. The zero-order valence-corrected chi connectivity index (χ0v) is 10.6. The molecule has 1 aromatic carbocycles. The normalized spacial score (nSPS) is 12.8. The highest BCUT2D eigenvalue weighted by atomic mass is 19.1. The standard InChI is InChI=1S/C13H19F2NO2/c1-9(2)16-11(8-17)5-6-18-13-4-3-10(14)7-12(13)15/h3-4,7,9,11,16-17H,5-6,8H2,1-2H3. The minimum absolute atomic E-state index is 0.00651. The molecule has 0 bridgehead atoms. The van der Waals surface area contributed by atoms with Crippen LogP contribution in [0.15, 0.2) is 18.2 Å². The average molecular weight is 259 g/mol. The van der Waals surface area contributed by atoms with Crippen molar-refractivity contribution in [2.45, 2.75) is 32.4 Å². The lowest BCUT2D eigenvalue weighted by Gasteiger charge is -2.19. The molecule has 5 heteroatoms. The Labute approximate surface area is 106 Å². The summed E-state index contributed by atoms with van der Waals surface area (Å²) in [6.07, 6.45) is 0.547. The molecule has 0 fully saturated rings. The topological polar surface area (TPSA) is 41.5 Å². The third-order valence-electron chi connectivity index (χ3n) is 2.41. The molecule has 0 radical (unpaired) electrons. The van der Waals surface area contributed by atoms with Crippen LogP contribution in [0.2, 0.25) is 0 Å². The molecule has 1 unspecified atom stereocenters. The van der Waals surface area contributed by atoms with Gasteiger partial charge in [0, 0.05) is 18.2 Å². The Kier molecular flexibility index (Phi) is 6.01. The molecule has 0 aromatic heterocycles. The SMILES string of the molecule is CC(C)NC(CO)CCOc1ccc(F)cc1F. The molecule has 3 nitrogen and oxygen atoms in total. The van der Waals surface area contributed by atoms with Crippen LogP contribution in [-0.2, 0) is 0 Å². The number of aliphatic hydroxyl groups is 1. The fraction of sp³-hybridized carbons (Fsp3) is 0.538. The van der Waals surface area contributed by atoms with Gasteiger partial charge in [0.1, 0.15) is 5.82 Å². The van der Waals surface area contributed by atoms with Crippen molar-refractivity contribution in [1.29, 1.82) is 0 Å². The first-order valence-electron chi connectivity index (χ1n) is 5.97. The Balaban J connectivity index is 2.40. The monoisotopic (exact) mass is 259 g/mol. The highest BCUT2D eigenvalue weighted by Crippen LogP contribution is 2.17. The summed E-state index contributed by atoms with van der Waals surface area (Å²) in [5.41, 5.74) is 0. The number of hydrogen-bond donors (Lipinski definition) is 2. The van der Waals surface area contributed by atoms with Crippen LogP contribution in [0.4, 0.5) is 8.78 Å². The van der Waals surface area contributed by atoms with Gasteiger partial charge < -0.3 is 15.2 Å². The molecular formula is C13H19F2NO2. The van der Waals surface area contributed by atoms with E-state index in [2.05, 4.69) is 5.32 Å². The Bertz CT molecular complexity index is 372. The van der Waals surface area contributed by atoms with Crippen molar-refractivity contribution in [3.8, 4) is 5.75 Å². The van der Waals surface area contributed by atoms with Crippen molar-refractivity contribution < 1.29 is 18.6 Å². The fourth-order valence-electron chi connectivity index (χ4n) is 1.60. The van der Waals surface area contributed by atoms with E-state index in [1.807, 2.05) is 13.8 Å². The van der Waals surface area contributed by atoms with E-state index in [1.165, 1.54) is 6.07 Å². The Morgan fingerprint density at radius 3 is 2.61 bits per heavy atom. The van der Waals surface area contributed by atoms with Crippen LogP contribution in [0.25, 0.3) is 0 Å². The molecule has 102 valence electrons. The van der Waals surface area contributed by atoms with Gasteiger partial charge in [-0.25, -0.2) is 8.78 Å². The highest BCUT2D eigenvalue weighted by Gasteiger charge is 2.10. The molecule has 18 heavy (non-hydrogen) atoms. The van der Waals surface area contributed by atoms with Gasteiger partial charge in [0.05, 0.1) is 13.2 Å². The molecule has 1 atom stereocenters. The molecule has 0 aliphatic rings. The van der Waals surface area contributed by atoms with Crippen LogP contribution in [-0.4, -0.2) is 30.4 Å². The summed E-state index contributed by atoms with van der Waals surface area (Å²) in [4.78, 5) is 0. The summed E-state index contributed by atoms with van der Waals surface area (Å²) in [6.45, 7) is 4.20. The van der Waals surface area contributed by atoms with Gasteiger partial charge in [0.25, 0.3) is 0 Å². The van der Waals surface area contributed by atoms with Gasteiger partial charge in [-0.1, -0.05) is 13.8 Å². The van der Waals surface area contributed by atoms with Crippen LogP contribution >= 0.6 is 0 Å². The lowest BCUT2D eigenvalue weighted by Crippen LogP contribution is -2.38. The maximum absolute atomic E-state index is 13.2. The Hall–Kier alpha value is -1.20. The van der Waals surface area contributed by atoms with Gasteiger partial charge in [-0.3, -0.25) is 0 Å². The molecule has 0 aliphatic heterocycles. The van der Waals surface area contributed by atoms with E-state index in [0.29, 0.717) is 6.42 Å². The quantitative estimate of drug-likeness (QED) is 0.788. The summed E-state index contributed by atoms with van der Waals surface area (Å²) < 4.78 is 31.1. The van der Waals surface area contributed by atoms with Crippen LogP contribution in [0, 0.1) is 11.6 Å². The first-order valence-corrected chi connectivity index (χ1v) is 5.97. The van der Waals surface area contributed by atoms with Gasteiger partial charge in [-0.05, 0) is 18.6 Å². The first kappa shape index (κ1) is 14.9. The first-order chi connectivity index (χ1) is 8.52. The summed E-state index contributed by atoms with van der Waals surface area (Å²) in [5, 5.41) is 12.3. The smallest absolute Gasteiger partial charge is 0.167 e. The minimum atomic E-state index is -0.715. The van der Waals surface area contributed by atoms with Gasteiger partial charge >= 0.3 is 0 Å². The summed E-state index contributed by atoms with van der Waals surface area (Å²) in [6, 6.07) is 3.35. The molecule has 0 amide bonds. The van der Waals surface area contributed by atoms with Crippen LogP contribution in [0.5, 0.6) is 5.75 Å². The maximum atomic E-state index is 13.2. The van der Waals surface area contributed by atoms with Gasteiger partial charge in [-0.2, -0.15) is 0 Å². The van der Waals surface area contributed by atoms with E-state index >= 15 is 0 Å². The molecule has 0 saturated heterocycles. The number of hydrogen-bond acceptors (Lipinski definition) is 3. The van der Waals surface area contributed by atoms with E-state index in [0.717, 1.165) is 12.1 Å². The van der Waals surface area contributed by atoms with Crippen LogP contribution in [0.1, 0.15) is 20.3 Å². The predicted octanol–water partition coefficient (Wildman–Crippen LogP) is 2.09. The number of halogens is 2. The second-order valence-electron chi connectivity index (χ2n) is 4.41. The van der Waals surface area contributed by atoms with Crippen molar-refractivity contribution in [2.75, 3.05) is 13.2 Å². The lowest BCUT2D eigenvalue weighted by molar-refractivity contribution is 0.200. The van der Waals surface area contributed by atoms with E-state index in [-0.39, 0.29) is 31.0 Å². The van der Waals surface area contributed by atoms with Gasteiger partial charge in [0.15, 0.2) is 11.6 Å². The number of benzene rings is 1. The highest BCUT2D eigenvalue weighted by molar-refractivity contribution is 5.24. The third-order valence-corrected chi connectivity index (χ3v) is 2.41. The molecule has 0 spiro atoms. The maximum Gasteiger partial charge on any atom is 0.167 e. The summed E-state index contributed by atoms with van der Waals surface area (Å²) in [5.74, 6) is -1.32. The Morgan fingerprint density at radius 1 is 1.33 bits per heavy atom. The second kappa shape index (κ2) is 7.28. The van der Waals surface area contributed by atoms with Crippen LogP contribution < -0.4 is 10.1 Å². The number of rotatable bonds is 7. The van der Waals surface area contributed by atoms with E-state index < -0.39 is 11.6 Å². The van der Waals surface area contributed by atoms with Crippen molar-refractivity contribution in [3.63, 3.8) is 0 Å². The Morgan fingerprint density at radius 2 is 2.06 bits per heavy atom. The summed E-state index contributed by atoms with van der Waals surface area (Å²) >= 11 is 0. The average Bonchev–Trinajstić information content (AvgIpc) is 2.30. The predicted molar refractivity (Wildman–Crippen MR) is 65.6 cm³/mol. The molecule has 0 saturated carbocycles. The van der Waals surface area contributed by atoms with E-state index in [1.54, 1.807) is 0 Å². The van der Waals surface area contributed by atoms with Crippen molar-refractivity contribution in [1.82, 2.24) is 5.32 Å². The number of ether oxygens (including phenoxy) is 1. The largest absolute Gasteiger partial charge is 0.490 e. The summed E-state index contributed by atoms with van der Waals surface area (Å²) in [7, 11) is 0. The van der Waals surface area contributed by atoms with E-state index in [9.17, 15) is 8.78 Å². The van der Waals surface area contributed by atoms with E-state index in [4.69, 9.17) is 9.84 Å². The van der Waals surface area contributed by atoms with Gasteiger partial charge in [-0.15, -0.1) is 0 Å². The zero-order chi connectivity index (χ0) is 13.5. The third kappa shape index (κ3) is 4.98. The van der Waals surface area contributed by atoms with Crippen molar-refractivity contribution >= 4 is 0 Å². The lowest BCUT2D eigenvalue weighted by atomic mass is 10.2. The molecular weight excluding hydrogens is 240 g/mol. The van der Waals surface area contributed by atoms with Crippen LogP contribution in [0.3, 0.4) is 0 Å². The fourth-order valence-corrected chi connectivity index (χ4v) is 1.60. The molecule has 0 aliphatic carbocycles. The minimum Gasteiger partial charge on any atom is -0.490 e. The van der Waals surface area contributed by atoms with Crippen molar-refractivity contribution in [3.05, 3.63) is 29.8 Å². The number of aliphatic hydroxyl groups excluding tert-OH is 1. The second-order valence-corrected chi connectivity index (χ2v) is 4.41. The zero-order valence-electron chi connectivity index (χ0n) is 10.6. The molecule has 1 rings (SSSR count). The van der Waals surface area contributed by atoms with Crippen molar-refractivity contribution in [2.24, 2.45) is 0 Å².